The molecule has 1 aromatic rings. The second-order valence-corrected chi connectivity index (χ2v) is 9.29. The van der Waals surface area contributed by atoms with Crippen LogP contribution in [0.1, 0.15) is 47.5 Å². The fourth-order valence-electron chi connectivity index (χ4n) is 3.79. The van der Waals surface area contributed by atoms with Crippen molar-refractivity contribution in [3.05, 3.63) is 26.6 Å². The Morgan fingerprint density at radius 2 is 1.96 bits per heavy atom. The quantitative estimate of drug-likeness (QED) is 0.726. The molecule has 1 aromatic heterocycles. The maximum absolute atomic E-state index is 12.8. The molecule has 0 aromatic carbocycles. The number of ether oxygens (including phenoxy) is 1. The number of nitrogens with one attached hydrogen (secondary N) is 1. The molecule has 0 spiro atoms. The summed E-state index contributed by atoms with van der Waals surface area (Å²) in [6.45, 7) is 4.02. The molecule has 0 saturated heterocycles. The smallest absolute Gasteiger partial charge is 0.341 e. The zero-order valence-electron chi connectivity index (χ0n) is 14.4. The third-order valence-electron chi connectivity index (χ3n) is 5.30. The number of carbonyl (C=O) groups excluding carboxylic acids is 2. The van der Waals surface area contributed by atoms with E-state index in [9.17, 15) is 9.59 Å². The number of allylic oxidation sites excluding steroid dienone is 1. The van der Waals surface area contributed by atoms with Gasteiger partial charge in [0.2, 0.25) is 5.91 Å². The molecule has 0 aliphatic heterocycles. The second-order valence-electron chi connectivity index (χ2n) is 7.18. The van der Waals surface area contributed by atoms with Crippen LogP contribution in [0.15, 0.2) is 10.6 Å². The lowest BCUT2D eigenvalue weighted by molar-refractivity contribution is -0.118. The van der Waals surface area contributed by atoms with Crippen molar-refractivity contribution in [3.63, 3.8) is 0 Å². The number of halogens is 2. The molecule has 25 heavy (non-hydrogen) atoms. The SMILES string of the molecule is COC(=O)c1c(NC(=O)[C@@H]2[C@@H](C=C(Cl)Cl)C2(C)C)sc2c1CCCC2. The number of carbonyl (C=O) groups is 2. The maximum Gasteiger partial charge on any atom is 0.341 e. The van der Waals surface area contributed by atoms with Crippen LogP contribution in [0.25, 0.3) is 0 Å². The van der Waals surface area contributed by atoms with Gasteiger partial charge in [0.15, 0.2) is 0 Å². The van der Waals surface area contributed by atoms with Crippen LogP contribution in [0.3, 0.4) is 0 Å². The molecule has 0 bridgehead atoms. The molecule has 1 saturated carbocycles. The van der Waals surface area contributed by atoms with Crippen molar-refractivity contribution in [2.75, 3.05) is 12.4 Å². The Balaban J connectivity index is 1.86. The van der Waals surface area contributed by atoms with Gasteiger partial charge in [0.05, 0.1) is 18.6 Å². The third-order valence-corrected chi connectivity index (χ3v) is 6.76. The van der Waals surface area contributed by atoms with Gasteiger partial charge < -0.3 is 10.1 Å². The first kappa shape index (κ1) is 18.7. The van der Waals surface area contributed by atoms with Gasteiger partial charge in [-0.2, -0.15) is 0 Å². The fourth-order valence-corrected chi connectivity index (χ4v) is 5.34. The molecule has 0 radical (unpaired) electrons. The van der Waals surface area contributed by atoms with Crippen LogP contribution in [0.5, 0.6) is 0 Å². The van der Waals surface area contributed by atoms with Gasteiger partial charge in [0.1, 0.15) is 9.49 Å². The van der Waals surface area contributed by atoms with Crippen molar-refractivity contribution in [2.24, 2.45) is 17.3 Å². The van der Waals surface area contributed by atoms with Gasteiger partial charge >= 0.3 is 5.97 Å². The van der Waals surface area contributed by atoms with Gasteiger partial charge in [-0.25, -0.2) is 4.79 Å². The summed E-state index contributed by atoms with van der Waals surface area (Å²) in [5.41, 5.74) is 1.35. The molecule has 1 heterocycles. The van der Waals surface area contributed by atoms with Gasteiger partial charge in [-0.15, -0.1) is 11.3 Å². The minimum atomic E-state index is -0.384. The van der Waals surface area contributed by atoms with E-state index in [4.69, 9.17) is 27.9 Å². The van der Waals surface area contributed by atoms with Crippen LogP contribution < -0.4 is 5.32 Å². The third kappa shape index (κ3) is 3.46. The second kappa shape index (κ2) is 6.93. The van der Waals surface area contributed by atoms with Gasteiger partial charge in [0, 0.05) is 4.88 Å². The average Bonchev–Trinajstić information content (AvgIpc) is 2.90. The summed E-state index contributed by atoms with van der Waals surface area (Å²) in [5, 5.41) is 3.57. The largest absolute Gasteiger partial charge is 0.465 e. The summed E-state index contributed by atoms with van der Waals surface area (Å²) >= 11 is 13.0. The lowest BCUT2D eigenvalue weighted by Gasteiger charge is -2.11. The number of hydrogen-bond donors (Lipinski definition) is 1. The van der Waals surface area contributed by atoms with Crippen molar-refractivity contribution in [3.8, 4) is 0 Å². The molecule has 136 valence electrons. The molecule has 2 atom stereocenters. The van der Waals surface area contributed by atoms with Crippen molar-refractivity contribution in [1.82, 2.24) is 0 Å². The van der Waals surface area contributed by atoms with Crippen molar-refractivity contribution < 1.29 is 14.3 Å². The molecule has 3 rings (SSSR count). The highest BCUT2D eigenvalue weighted by Gasteiger charge is 2.60. The summed E-state index contributed by atoms with van der Waals surface area (Å²) in [6.07, 6.45) is 5.68. The van der Waals surface area contributed by atoms with Crippen LogP contribution in [-0.2, 0) is 22.4 Å². The van der Waals surface area contributed by atoms with Gasteiger partial charge in [-0.3, -0.25) is 4.79 Å². The molecule has 1 amide bonds. The minimum Gasteiger partial charge on any atom is -0.465 e. The Kier molecular flexibility index (Phi) is 5.20. The summed E-state index contributed by atoms with van der Waals surface area (Å²) in [5.74, 6) is -0.715. The Bertz CT molecular complexity index is 750. The van der Waals surface area contributed by atoms with Gasteiger partial charge in [-0.05, 0) is 48.7 Å². The molecule has 2 aliphatic rings. The fraction of sp³-hybridized carbons (Fsp3) is 0.556. The summed E-state index contributed by atoms with van der Waals surface area (Å²) in [6, 6.07) is 0. The highest BCUT2D eigenvalue weighted by Crippen LogP contribution is 2.60. The van der Waals surface area contributed by atoms with E-state index in [1.165, 1.54) is 23.3 Å². The lowest BCUT2D eigenvalue weighted by Crippen LogP contribution is -2.18. The number of thiophene rings is 1. The summed E-state index contributed by atoms with van der Waals surface area (Å²) in [4.78, 5) is 26.2. The predicted octanol–water partition coefficient (Wildman–Crippen LogP) is 4.94. The van der Waals surface area contributed by atoms with E-state index in [-0.39, 0.29) is 33.6 Å². The van der Waals surface area contributed by atoms with Crippen molar-refractivity contribution in [2.45, 2.75) is 39.5 Å². The molecule has 7 heteroatoms. The van der Waals surface area contributed by atoms with Gasteiger partial charge in [0.25, 0.3) is 0 Å². The summed E-state index contributed by atoms with van der Waals surface area (Å²) in [7, 11) is 1.37. The zero-order valence-corrected chi connectivity index (χ0v) is 16.8. The van der Waals surface area contributed by atoms with E-state index in [0.717, 1.165) is 31.2 Å². The topological polar surface area (TPSA) is 55.4 Å². The molecular weight excluding hydrogens is 381 g/mol. The van der Waals surface area contributed by atoms with E-state index in [0.29, 0.717) is 10.6 Å². The number of amides is 1. The first-order valence-corrected chi connectivity index (χ1v) is 9.91. The average molecular weight is 402 g/mol. The highest BCUT2D eigenvalue weighted by molar-refractivity contribution is 7.17. The molecule has 4 nitrogen and oxygen atoms in total. The van der Waals surface area contributed by atoms with Crippen LogP contribution in [0, 0.1) is 17.3 Å². The number of hydrogen-bond acceptors (Lipinski definition) is 4. The Morgan fingerprint density at radius 1 is 1.28 bits per heavy atom. The van der Waals surface area contributed by atoms with Crippen LogP contribution in [-0.4, -0.2) is 19.0 Å². The maximum atomic E-state index is 12.8. The first-order valence-electron chi connectivity index (χ1n) is 8.34. The normalized spacial score (nSPS) is 23.4. The Hall–Kier alpha value is -1.04. The number of aryl methyl sites for hydroxylation is 1. The zero-order chi connectivity index (χ0) is 18.4. The standard InChI is InChI=1S/C18H21Cl2NO3S/c1-18(2)10(8-12(19)20)14(18)15(22)21-16-13(17(23)24-3)9-6-4-5-7-11(9)25-16/h8,10,14H,4-7H2,1-3H3,(H,21,22)/t10-,14+/m1/s1. The molecule has 2 aliphatic carbocycles. The van der Waals surface area contributed by atoms with Crippen LogP contribution in [0.2, 0.25) is 0 Å². The van der Waals surface area contributed by atoms with E-state index >= 15 is 0 Å². The van der Waals surface area contributed by atoms with Crippen molar-refractivity contribution >= 4 is 51.4 Å². The molecule has 0 unspecified atom stereocenters. The molecular formula is C18H21Cl2NO3S. The Labute approximate surface area is 161 Å². The molecule has 1 N–H and O–H groups in total. The van der Waals surface area contributed by atoms with E-state index < -0.39 is 0 Å². The first-order chi connectivity index (χ1) is 11.8. The number of rotatable bonds is 4. The number of methoxy groups -OCH3 is 1. The van der Waals surface area contributed by atoms with Crippen molar-refractivity contribution in [1.29, 1.82) is 0 Å². The van der Waals surface area contributed by atoms with Gasteiger partial charge in [-0.1, -0.05) is 37.0 Å². The van der Waals surface area contributed by atoms with E-state index in [2.05, 4.69) is 5.32 Å². The van der Waals surface area contributed by atoms with Crippen LogP contribution in [0.4, 0.5) is 5.00 Å². The number of esters is 1. The number of fused-ring (bicyclic) bond motifs is 1. The lowest BCUT2D eigenvalue weighted by atomic mass is 9.95. The Morgan fingerprint density at radius 3 is 2.60 bits per heavy atom. The minimum absolute atomic E-state index is 0.00587. The van der Waals surface area contributed by atoms with Crippen LogP contribution >= 0.6 is 34.5 Å². The number of anilines is 1. The predicted molar refractivity (Wildman–Crippen MR) is 101 cm³/mol. The van der Waals surface area contributed by atoms with E-state index in [1.54, 1.807) is 6.08 Å². The van der Waals surface area contributed by atoms with E-state index in [1.807, 2.05) is 13.8 Å². The monoisotopic (exact) mass is 401 g/mol. The molecule has 1 fully saturated rings. The highest BCUT2D eigenvalue weighted by atomic mass is 35.5. The summed E-state index contributed by atoms with van der Waals surface area (Å²) < 4.78 is 5.12.